The Morgan fingerprint density at radius 3 is 1.16 bits per heavy atom. The molecule has 0 fully saturated rings. The summed E-state index contributed by atoms with van der Waals surface area (Å²) in [6.07, 6.45) is 17.2. The van der Waals surface area contributed by atoms with E-state index in [-0.39, 0.29) is 252 Å². The van der Waals surface area contributed by atoms with Crippen molar-refractivity contribution in [3.63, 3.8) is 0 Å². The second kappa shape index (κ2) is 72.0. The van der Waals surface area contributed by atoms with Crippen molar-refractivity contribution in [2.75, 3.05) is 145 Å². The number of hydrogen-bond acceptors (Lipinski definition) is 25. The number of carbonyl (C=O) groups is 15. The second-order valence-electron chi connectivity index (χ2n) is 32.0. The van der Waals surface area contributed by atoms with E-state index in [0.717, 1.165) is 77.0 Å². The summed E-state index contributed by atoms with van der Waals surface area (Å²) in [7, 11) is 0. The zero-order valence-corrected chi connectivity index (χ0v) is 74.3. The Labute approximate surface area is 736 Å². The van der Waals surface area contributed by atoms with Gasteiger partial charge in [0.25, 0.3) is 0 Å². The second-order valence-corrected chi connectivity index (χ2v) is 32.0. The number of benzene rings is 2. The predicted octanol–water partition coefficient (Wildman–Crippen LogP) is 9.99. The molecule has 0 saturated carbocycles. The van der Waals surface area contributed by atoms with E-state index in [1.807, 2.05) is 0 Å². The third-order valence-corrected chi connectivity index (χ3v) is 20.2. The number of carbonyl (C=O) groups excluding carboxylic acids is 11. The van der Waals surface area contributed by atoms with Gasteiger partial charge in [0.2, 0.25) is 29.5 Å². The number of carboxylic acid groups (broad SMARTS) is 4. The van der Waals surface area contributed by atoms with Crippen LogP contribution in [0.5, 0.6) is 11.5 Å². The van der Waals surface area contributed by atoms with E-state index in [0.29, 0.717) is 115 Å². The van der Waals surface area contributed by atoms with E-state index >= 15 is 0 Å². The average molecular weight is 1770 g/mol. The fraction of sp³-hybridized carbons (Fsp3) is 0.703. The van der Waals surface area contributed by atoms with Crippen molar-refractivity contribution in [3.8, 4) is 11.5 Å². The number of aliphatic carboxylic acids is 2. The molecule has 706 valence electrons. The molecule has 0 heterocycles. The minimum absolute atomic E-state index is 0.00680. The van der Waals surface area contributed by atoms with Gasteiger partial charge in [0.15, 0.2) is 5.78 Å². The minimum atomic E-state index is -1.20. The molecule has 0 bridgehead atoms. The number of carboxylic acids is 4. The van der Waals surface area contributed by atoms with Gasteiger partial charge in [-0.15, -0.1) is 0 Å². The normalized spacial score (nSPS) is 12.3. The van der Waals surface area contributed by atoms with E-state index in [1.54, 1.807) is 45.0 Å². The monoisotopic (exact) mass is 1770 g/mol. The van der Waals surface area contributed by atoms with Gasteiger partial charge < -0.3 is 94.4 Å². The van der Waals surface area contributed by atoms with Crippen LogP contribution in [0.2, 0.25) is 0 Å². The lowest BCUT2D eigenvalue weighted by atomic mass is 9.79. The topological polar surface area (TPSA) is 489 Å². The maximum absolute atomic E-state index is 13.8. The molecule has 0 aromatic heterocycles. The predicted molar refractivity (Wildman–Crippen MR) is 462 cm³/mol. The highest BCUT2D eigenvalue weighted by atomic mass is 16.5. The molecule has 5 amide bonds. The Hall–Kier alpha value is -9.03. The van der Waals surface area contributed by atoms with Crippen LogP contribution < -0.4 is 36.1 Å². The highest BCUT2D eigenvalue weighted by Crippen LogP contribution is 2.28. The number of rotatable bonds is 85. The summed E-state index contributed by atoms with van der Waals surface area (Å²) in [5.74, 6) is -7.66. The van der Waals surface area contributed by atoms with Crippen LogP contribution >= 0.6 is 0 Å². The van der Waals surface area contributed by atoms with Crippen molar-refractivity contribution in [2.24, 2.45) is 23.2 Å². The standard InChI is InChI=1S/C91H143N5O29/c1-68(97)71(25-17-19-43-92-84(105)65-121-58-54-117-48-24-29-76(100)64-120-57-55-118-51-45-94-82(103)42-35-73(89(112)113)61-75(99)27-15-11-7-5-9-13-21-49-124-77-37-31-69(32-38-77)87(108)109)62-80(101)72(63-81(102)91(2,3)4)26-18-20-44-93-85(106)66-123-60-56-119-52-46-95-86(107)67-122-59-53-116-47-23-28-74(98)36-41-79(90(114)115)96-83(104)30-16-12-8-6-10-14-22-50-125-78-39-33-70(34-40-78)88(110)111/h31-34,37-40,71-73,79H,5-30,35-36,41-67H2,1-4H3,(H,92,105)(H,93,106)(H,94,103)(H,95,107)(H,96,104)(H,108,109)(H,110,111)(H,112,113)(H,114,115)/t71-,72-,73-,79+/m1/s1. The summed E-state index contributed by atoms with van der Waals surface area (Å²) >= 11 is 0. The number of ketones is 6. The van der Waals surface area contributed by atoms with Crippen molar-refractivity contribution in [1.29, 1.82) is 0 Å². The molecular weight excluding hydrogens is 1630 g/mol. The van der Waals surface area contributed by atoms with Gasteiger partial charge in [-0.05, 0) is 133 Å². The van der Waals surface area contributed by atoms with Gasteiger partial charge in [0, 0.05) is 114 Å². The van der Waals surface area contributed by atoms with Gasteiger partial charge in [-0.25, -0.2) is 14.4 Å². The first-order valence-electron chi connectivity index (χ1n) is 44.5. The van der Waals surface area contributed by atoms with Crippen molar-refractivity contribution in [2.45, 2.75) is 246 Å². The molecular formula is C91H143N5O29. The van der Waals surface area contributed by atoms with Crippen LogP contribution in [0.4, 0.5) is 0 Å². The van der Waals surface area contributed by atoms with Crippen molar-refractivity contribution < 1.29 is 140 Å². The maximum atomic E-state index is 13.8. The Kier molecular flexibility index (Phi) is 64.6. The minimum Gasteiger partial charge on any atom is -0.494 e. The molecule has 0 saturated heterocycles. The zero-order valence-electron chi connectivity index (χ0n) is 74.3. The van der Waals surface area contributed by atoms with Crippen LogP contribution in [-0.2, 0) is 100 Å². The molecule has 2 aromatic carbocycles. The van der Waals surface area contributed by atoms with E-state index in [9.17, 15) is 82.1 Å². The summed E-state index contributed by atoms with van der Waals surface area (Å²) < 4.78 is 54.9. The smallest absolute Gasteiger partial charge is 0.335 e. The van der Waals surface area contributed by atoms with Gasteiger partial charge in [-0.3, -0.25) is 57.5 Å². The summed E-state index contributed by atoms with van der Waals surface area (Å²) in [5.41, 5.74) is -0.266. The SMILES string of the molecule is CC(=O)[C@H](CCCCNC(=O)COCCOCCCC(=O)COCCOCCNC(=O)CC[C@H](CC(=O)CCCCCCCCCOc1ccc(C(=O)O)cc1)C(=O)O)CC(=O)[C@H](CCCCNC(=O)COCCOCCNC(=O)COCCOCCCC(=O)CC[C@H](NC(=O)CCCCCCCCCOc1ccc(C(=O)O)cc1)C(=O)O)CC(=O)C(C)(C)C. The largest absolute Gasteiger partial charge is 0.494 e. The van der Waals surface area contributed by atoms with E-state index in [2.05, 4.69) is 26.6 Å². The van der Waals surface area contributed by atoms with Gasteiger partial charge in [-0.2, -0.15) is 0 Å². The average Bonchev–Trinajstić information content (AvgIpc) is 0.876. The lowest BCUT2D eigenvalue weighted by molar-refractivity contribution is -0.144. The molecule has 34 nitrogen and oxygen atoms in total. The van der Waals surface area contributed by atoms with Crippen LogP contribution in [-0.4, -0.2) is 260 Å². The summed E-state index contributed by atoms with van der Waals surface area (Å²) in [4.78, 5) is 184. The number of hydrogen-bond donors (Lipinski definition) is 9. The Morgan fingerprint density at radius 1 is 0.312 bits per heavy atom. The molecule has 0 aliphatic heterocycles. The molecule has 0 unspecified atom stereocenters. The number of aromatic carboxylic acids is 2. The van der Waals surface area contributed by atoms with Crippen LogP contribution in [0.1, 0.15) is 260 Å². The van der Waals surface area contributed by atoms with E-state index < -0.39 is 53.1 Å². The van der Waals surface area contributed by atoms with Gasteiger partial charge in [0.1, 0.15) is 72.9 Å². The number of Topliss-reactive ketones (excluding diaryl/α,β-unsaturated/α-hetero) is 6. The Bertz CT molecular complexity index is 3440. The number of nitrogens with one attached hydrogen (secondary N) is 5. The van der Waals surface area contributed by atoms with E-state index in [1.165, 1.54) is 31.2 Å². The maximum Gasteiger partial charge on any atom is 0.335 e. The zero-order chi connectivity index (χ0) is 91.9. The van der Waals surface area contributed by atoms with E-state index in [4.69, 9.17) is 57.6 Å². The molecule has 2 rings (SSSR count). The lowest BCUT2D eigenvalue weighted by Gasteiger charge is -2.23. The molecule has 4 atom stereocenters. The Balaban J connectivity index is 1.42. The van der Waals surface area contributed by atoms with Gasteiger partial charge >= 0.3 is 23.9 Å². The van der Waals surface area contributed by atoms with Crippen molar-refractivity contribution in [3.05, 3.63) is 59.7 Å². The fourth-order valence-corrected chi connectivity index (χ4v) is 12.7. The highest BCUT2D eigenvalue weighted by molar-refractivity contribution is 5.93. The van der Waals surface area contributed by atoms with Crippen LogP contribution in [0, 0.1) is 23.2 Å². The highest BCUT2D eigenvalue weighted by Gasteiger charge is 2.31. The first-order valence-corrected chi connectivity index (χ1v) is 44.5. The first-order chi connectivity index (χ1) is 60.0. The third-order valence-electron chi connectivity index (χ3n) is 20.2. The molecule has 0 aliphatic rings. The van der Waals surface area contributed by atoms with Crippen LogP contribution in [0.15, 0.2) is 48.5 Å². The fourth-order valence-electron chi connectivity index (χ4n) is 12.7. The van der Waals surface area contributed by atoms with Crippen LogP contribution in [0.3, 0.4) is 0 Å². The molecule has 0 aliphatic carbocycles. The Morgan fingerprint density at radius 2 is 0.712 bits per heavy atom. The molecule has 2 aromatic rings. The molecule has 0 radical (unpaired) electrons. The van der Waals surface area contributed by atoms with Crippen molar-refractivity contribution in [1.82, 2.24) is 26.6 Å². The number of amides is 5. The molecule has 0 spiro atoms. The van der Waals surface area contributed by atoms with Gasteiger partial charge in [-0.1, -0.05) is 97.8 Å². The number of ether oxygens (including phenoxy) is 10. The van der Waals surface area contributed by atoms with Crippen LogP contribution in [0.25, 0.3) is 0 Å². The number of unbranched alkanes of at least 4 members (excludes halogenated alkanes) is 14. The quantitative estimate of drug-likeness (QED) is 0.0278. The summed E-state index contributed by atoms with van der Waals surface area (Å²) in [6.45, 7) is 10.5. The molecule has 34 heteroatoms. The lowest BCUT2D eigenvalue weighted by Crippen LogP contribution is -2.41. The first kappa shape index (κ1) is 112. The summed E-state index contributed by atoms with van der Waals surface area (Å²) in [6, 6.07) is 11.4. The molecule has 125 heavy (non-hydrogen) atoms. The van der Waals surface area contributed by atoms with Gasteiger partial charge in [0.05, 0.1) is 96.3 Å². The third kappa shape index (κ3) is 62.7. The van der Waals surface area contributed by atoms with Crippen molar-refractivity contribution >= 4 is 88.1 Å². The molecule has 9 N–H and O–H groups in total. The summed E-state index contributed by atoms with van der Waals surface area (Å²) in [5, 5.41) is 50.7.